The van der Waals surface area contributed by atoms with Gasteiger partial charge in [-0.15, -0.1) is 0 Å². The molecule has 5 nitrogen and oxygen atoms in total. The summed E-state index contributed by atoms with van der Waals surface area (Å²) in [7, 11) is 1.25. The molecule has 5 heteroatoms. The van der Waals surface area contributed by atoms with Crippen LogP contribution in [-0.4, -0.2) is 31.8 Å². The van der Waals surface area contributed by atoms with E-state index in [-0.39, 0.29) is 17.8 Å². The van der Waals surface area contributed by atoms with E-state index < -0.39 is 17.7 Å². The van der Waals surface area contributed by atoms with Gasteiger partial charge in [0.25, 0.3) is 0 Å². The van der Waals surface area contributed by atoms with Crippen LogP contribution in [0.25, 0.3) is 0 Å². The molecule has 102 valence electrons. The molecule has 0 spiro atoms. The van der Waals surface area contributed by atoms with Crippen molar-refractivity contribution in [1.82, 2.24) is 0 Å². The molecule has 1 unspecified atom stereocenters. The number of hydrogen-bond donors (Lipinski definition) is 0. The summed E-state index contributed by atoms with van der Waals surface area (Å²) in [6, 6.07) is 0. The minimum absolute atomic E-state index is 0.000882. The van der Waals surface area contributed by atoms with Gasteiger partial charge in [-0.3, -0.25) is 4.79 Å². The van der Waals surface area contributed by atoms with Crippen LogP contribution < -0.4 is 0 Å². The molecule has 0 aromatic heterocycles. The number of carbonyl (C=O) groups excluding carboxylic acids is 2. The zero-order valence-electron chi connectivity index (χ0n) is 11.5. The third-order valence-corrected chi connectivity index (χ3v) is 2.53. The molecule has 0 radical (unpaired) electrons. The number of allylic oxidation sites excluding steroid dienone is 1. The van der Waals surface area contributed by atoms with Gasteiger partial charge in [-0.25, -0.2) is 4.79 Å². The van der Waals surface area contributed by atoms with Crippen LogP contribution >= 0.6 is 0 Å². The first-order chi connectivity index (χ1) is 8.31. The molecule has 0 fully saturated rings. The molecule has 0 bridgehead atoms. The SMILES string of the molecule is CCOC1CC(=O)C(C(=O)OC)=C(C(C)(C)C)O1. The molecular formula is C13H20O5. The molecule has 0 aromatic rings. The number of methoxy groups -OCH3 is 1. The fraction of sp³-hybridized carbons (Fsp3) is 0.692. The minimum Gasteiger partial charge on any atom is -0.467 e. The summed E-state index contributed by atoms with van der Waals surface area (Å²) in [5, 5.41) is 0. The van der Waals surface area contributed by atoms with Crippen molar-refractivity contribution in [3.8, 4) is 0 Å². The second-order valence-corrected chi connectivity index (χ2v) is 5.08. The Morgan fingerprint density at radius 1 is 1.44 bits per heavy atom. The van der Waals surface area contributed by atoms with Gasteiger partial charge < -0.3 is 14.2 Å². The zero-order valence-corrected chi connectivity index (χ0v) is 11.5. The molecular weight excluding hydrogens is 236 g/mol. The van der Waals surface area contributed by atoms with Gasteiger partial charge in [0.1, 0.15) is 11.3 Å². The third kappa shape index (κ3) is 3.10. The van der Waals surface area contributed by atoms with E-state index in [4.69, 9.17) is 9.47 Å². The van der Waals surface area contributed by atoms with Crippen LogP contribution in [0, 0.1) is 5.41 Å². The predicted octanol–water partition coefficient (Wildman–Crippen LogP) is 1.81. The molecule has 18 heavy (non-hydrogen) atoms. The van der Waals surface area contributed by atoms with E-state index in [0.29, 0.717) is 12.4 Å². The number of ether oxygens (including phenoxy) is 3. The van der Waals surface area contributed by atoms with Crippen molar-refractivity contribution in [3.05, 3.63) is 11.3 Å². The lowest BCUT2D eigenvalue weighted by molar-refractivity contribution is -0.156. The Kier molecular flexibility index (Phi) is 4.51. The molecule has 1 rings (SSSR count). The Hall–Kier alpha value is -1.36. The van der Waals surface area contributed by atoms with Crippen molar-refractivity contribution < 1.29 is 23.8 Å². The Morgan fingerprint density at radius 3 is 2.50 bits per heavy atom. The van der Waals surface area contributed by atoms with Gasteiger partial charge in [0.15, 0.2) is 5.78 Å². The van der Waals surface area contributed by atoms with E-state index in [1.54, 1.807) is 0 Å². The lowest BCUT2D eigenvalue weighted by Crippen LogP contribution is -2.35. The normalized spacial score (nSPS) is 20.7. The van der Waals surface area contributed by atoms with Crippen molar-refractivity contribution in [1.29, 1.82) is 0 Å². The monoisotopic (exact) mass is 256 g/mol. The molecule has 0 amide bonds. The number of hydrogen-bond acceptors (Lipinski definition) is 5. The average molecular weight is 256 g/mol. The van der Waals surface area contributed by atoms with Crippen molar-refractivity contribution in [2.24, 2.45) is 5.41 Å². The number of rotatable bonds is 3. The van der Waals surface area contributed by atoms with E-state index in [9.17, 15) is 9.59 Å². The number of ketones is 1. The maximum Gasteiger partial charge on any atom is 0.344 e. The summed E-state index contributed by atoms with van der Waals surface area (Å²) < 4.78 is 15.6. The summed E-state index contributed by atoms with van der Waals surface area (Å²) in [5.41, 5.74) is -0.462. The van der Waals surface area contributed by atoms with Gasteiger partial charge in [-0.2, -0.15) is 0 Å². The van der Waals surface area contributed by atoms with Crippen molar-refractivity contribution in [2.45, 2.75) is 40.4 Å². The molecule has 1 aliphatic heterocycles. The second-order valence-electron chi connectivity index (χ2n) is 5.08. The highest BCUT2D eigenvalue weighted by atomic mass is 16.7. The summed E-state index contributed by atoms with van der Waals surface area (Å²) in [6.45, 7) is 7.87. The lowest BCUT2D eigenvalue weighted by atomic mass is 9.87. The maximum atomic E-state index is 12.0. The highest BCUT2D eigenvalue weighted by molar-refractivity contribution is 6.18. The van der Waals surface area contributed by atoms with E-state index in [0.717, 1.165) is 0 Å². The van der Waals surface area contributed by atoms with Crippen LogP contribution in [0.15, 0.2) is 11.3 Å². The Morgan fingerprint density at radius 2 is 2.06 bits per heavy atom. The number of Topliss-reactive ketones (excluding diaryl/α,β-unsaturated/α-hetero) is 1. The van der Waals surface area contributed by atoms with Gasteiger partial charge >= 0.3 is 5.97 Å². The Balaban J connectivity index is 3.18. The van der Waals surface area contributed by atoms with E-state index in [2.05, 4.69) is 4.74 Å². The fourth-order valence-electron chi connectivity index (χ4n) is 1.75. The van der Waals surface area contributed by atoms with Crippen LogP contribution in [-0.2, 0) is 23.8 Å². The number of carbonyl (C=O) groups is 2. The molecule has 0 N–H and O–H groups in total. The molecule has 1 heterocycles. The van der Waals surface area contributed by atoms with Crippen molar-refractivity contribution in [2.75, 3.05) is 13.7 Å². The van der Waals surface area contributed by atoms with E-state index in [1.807, 2.05) is 27.7 Å². The Labute approximate surface area is 107 Å². The van der Waals surface area contributed by atoms with Crippen LogP contribution in [0.2, 0.25) is 0 Å². The molecule has 0 saturated heterocycles. The maximum absolute atomic E-state index is 12.0. The molecule has 1 atom stereocenters. The zero-order chi connectivity index (χ0) is 13.9. The van der Waals surface area contributed by atoms with Gasteiger partial charge in [0.2, 0.25) is 6.29 Å². The van der Waals surface area contributed by atoms with Crippen LogP contribution in [0.5, 0.6) is 0 Å². The largest absolute Gasteiger partial charge is 0.467 e. The summed E-state index contributed by atoms with van der Waals surface area (Å²) in [6.07, 6.45) is -0.581. The molecule has 0 saturated carbocycles. The standard InChI is InChI=1S/C13H20O5/c1-6-17-9-7-8(14)10(12(15)16-5)11(18-9)13(2,3)4/h9H,6-7H2,1-5H3. The molecule has 0 aromatic carbocycles. The van der Waals surface area contributed by atoms with Crippen LogP contribution in [0.4, 0.5) is 0 Å². The second kappa shape index (κ2) is 5.52. The van der Waals surface area contributed by atoms with Crippen molar-refractivity contribution in [3.63, 3.8) is 0 Å². The van der Waals surface area contributed by atoms with E-state index in [1.165, 1.54) is 7.11 Å². The fourth-order valence-corrected chi connectivity index (χ4v) is 1.75. The Bertz CT molecular complexity index is 375. The average Bonchev–Trinajstić information content (AvgIpc) is 2.26. The van der Waals surface area contributed by atoms with Gasteiger partial charge in [-0.1, -0.05) is 20.8 Å². The molecule has 0 aliphatic carbocycles. The quantitative estimate of drug-likeness (QED) is 0.569. The topological polar surface area (TPSA) is 61.8 Å². The highest BCUT2D eigenvalue weighted by Crippen LogP contribution is 2.35. The number of esters is 1. The van der Waals surface area contributed by atoms with Crippen molar-refractivity contribution >= 4 is 11.8 Å². The first-order valence-corrected chi connectivity index (χ1v) is 5.95. The van der Waals surface area contributed by atoms with Gasteiger partial charge in [-0.05, 0) is 6.92 Å². The molecule has 1 aliphatic rings. The highest BCUT2D eigenvalue weighted by Gasteiger charge is 2.39. The van der Waals surface area contributed by atoms with Gasteiger partial charge in [0.05, 0.1) is 13.5 Å². The van der Waals surface area contributed by atoms with Gasteiger partial charge in [0, 0.05) is 12.0 Å². The van der Waals surface area contributed by atoms with Crippen LogP contribution in [0.1, 0.15) is 34.1 Å². The summed E-state index contributed by atoms with van der Waals surface area (Å²) in [4.78, 5) is 23.7. The first-order valence-electron chi connectivity index (χ1n) is 5.95. The van der Waals surface area contributed by atoms with E-state index >= 15 is 0 Å². The lowest BCUT2D eigenvalue weighted by Gasteiger charge is -2.32. The van der Waals surface area contributed by atoms with Crippen LogP contribution in [0.3, 0.4) is 0 Å². The summed E-state index contributed by atoms with van der Waals surface area (Å²) in [5.74, 6) is -0.611. The minimum atomic E-state index is -0.653. The first kappa shape index (κ1) is 14.7. The smallest absolute Gasteiger partial charge is 0.344 e. The summed E-state index contributed by atoms with van der Waals surface area (Å²) >= 11 is 0. The predicted molar refractivity (Wildman–Crippen MR) is 64.6 cm³/mol. The third-order valence-electron chi connectivity index (χ3n) is 2.53.